The molecule has 0 aliphatic carbocycles. The molecule has 0 N–H and O–H groups in total. The van der Waals surface area contributed by atoms with Crippen LogP contribution in [0.5, 0.6) is 0 Å². The van der Waals surface area contributed by atoms with Crippen molar-refractivity contribution in [3.8, 4) is 0 Å². The first-order chi connectivity index (χ1) is 12.1. The van der Waals surface area contributed by atoms with Crippen LogP contribution in [0.3, 0.4) is 0 Å². The van der Waals surface area contributed by atoms with Gasteiger partial charge in [0.05, 0.1) is 11.4 Å². The molecule has 3 aromatic rings. The first-order valence-corrected chi connectivity index (χ1v) is 9.55. The van der Waals surface area contributed by atoms with Crippen molar-refractivity contribution in [3.05, 3.63) is 69.0 Å². The first-order valence-electron chi connectivity index (χ1n) is 8.02. The summed E-state index contributed by atoms with van der Waals surface area (Å²) in [6, 6.07) is 15.1. The largest absolute Gasteiger partial charge is 0.286 e. The van der Waals surface area contributed by atoms with Crippen LogP contribution in [0.4, 0.5) is 11.4 Å². The van der Waals surface area contributed by atoms with E-state index in [1.54, 1.807) is 11.5 Å². The molecule has 1 aromatic heterocycles. The molecule has 0 saturated carbocycles. The van der Waals surface area contributed by atoms with Gasteiger partial charge in [-0.3, -0.25) is 8.52 Å². The summed E-state index contributed by atoms with van der Waals surface area (Å²) in [5.74, 6) is 0. The number of hydrogen-bond acceptors (Lipinski definition) is 3. The fourth-order valence-corrected chi connectivity index (χ4v) is 3.78. The summed E-state index contributed by atoms with van der Waals surface area (Å²) in [7, 11) is 0. The van der Waals surface area contributed by atoms with Gasteiger partial charge in [0.15, 0.2) is 0 Å². The molecule has 0 aliphatic rings. The van der Waals surface area contributed by atoms with E-state index in [1.807, 2.05) is 48.5 Å². The number of halogens is 2. The van der Waals surface area contributed by atoms with Crippen molar-refractivity contribution in [2.45, 2.75) is 26.9 Å². The van der Waals surface area contributed by atoms with Gasteiger partial charge >= 0.3 is 0 Å². The second kappa shape index (κ2) is 8.04. The Labute approximate surface area is 160 Å². The summed E-state index contributed by atoms with van der Waals surface area (Å²) >= 11 is 13.7. The molecule has 3 rings (SSSR count). The average Bonchev–Trinajstić information content (AvgIpc) is 2.91. The Morgan fingerprint density at radius 1 is 0.880 bits per heavy atom. The van der Waals surface area contributed by atoms with E-state index >= 15 is 0 Å². The molecule has 0 fully saturated rings. The number of aromatic nitrogens is 2. The zero-order chi connectivity index (χ0) is 17.8. The minimum absolute atomic E-state index is 0.673. The van der Waals surface area contributed by atoms with E-state index in [4.69, 9.17) is 33.2 Å². The molecule has 0 aliphatic heterocycles. The van der Waals surface area contributed by atoms with Crippen LogP contribution in [-0.2, 0) is 13.1 Å². The molecule has 130 valence electrons. The predicted octanol–water partition coefficient (Wildman–Crippen LogP) is 5.16. The molecular weight excluding hydrogens is 375 g/mol. The molecule has 25 heavy (non-hydrogen) atoms. The maximum Gasteiger partial charge on any atom is 0.221 e. The van der Waals surface area contributed by atoms with Gasteiger partial charge in [-0.25, -0.2) is 9.98 Å². The second-order valence-electron chi connectivity index (χ2n) is 5.30. The smallest absolute Gasteiger partial charge is 0.221 e. The molecule has 4 nitrogen and oxygen atoms in total. The highest BCUT2D eigenvalue weighted by Gasteiger charge is 2.06. The summed E-state index contributed by atoms with van der Waals surface area (Å²) < 4.78 is 4.21. The van der Waals surface area contributed by atoms with Crippen LogP contribution in [0.15, 0.2) is 58.5 Å². The Hall–Kier alpha value is -1.82. The number of hydrogen-bond donors (Lipinski definition) is 0. The minimum atomic E-state index is 0.673. The van der Waals surface area contributed by atoms with Crippen molar-refractivity contribution in [1.82, 2.24) is 8.52 Å². The zero-order valence-corrected chi connectivity index (χ0v) is 16.3. The van der Waals surface area contributed by atoms with Gasteiger partial charge in [0, 0.05) is 23.1 Å². The van der Waals surface area contributed by atoms with Crippen LogP contribution in [0.1, 0.15) is 13.8 Å². The maximum atomic E-state index is 6.08. The van der Waals surface area contributed by atoms with Crippen LogP contribution in [0.25, 0.3) is 0 Å². The molecule has 7 heteroatoms. The van der Waals surface area contributed by atoms with Gasteiger partial charge in [-0.2, -0.15) is 0 Å². The molecule has 1 heterocycles. The fraction of sp³-hybridized carbons (Fsp3) is 0.222. The third kappa shape index (κ3) is 4.24. The monoisotopic (exact) mass is 392 g/mol. The Morgan fingerprint density at radius 2 is 1.48 bits per heavy atom. The molecular formula is C18H18Cl2N4S. The van der Waals surface area contributed by atoms with E-state index in [0.717, 1.165) is 34.9 Å². The number of benzene rings is 2. The Balaban J connectivity index is 2.22. The van der Waals surface area contributed by atoms with Crippen LogP contribution in [-0.4, -0.2) is 8.52 Å². The molecule has 0 bridgehead atoms. The van der Waals surface area contributed by atoms with Crippen LogP contribution < -0.4 is 10.4 Å². The Morgan fingerprint density at radius 3 is 2.00 bits per heavy atom. The lowest BCUT2D eigenvalue weighted by Gasteiger charge is -2.00. The van der Waals surface area contributed by atoms with Crippen LogP contribution in [0, 0.1) is 0 Å². The lowest BCUT2D eigenvalue weighted by Crippen LogP contribution is -2.29. The lowest BCUT2D eigenvalue weighted by atomic mass is 10.3. The summed E-state index contributed by atoms with van der Waals surface area (Å²) in [5.41, 5.74) is 2.51. The van der Waals surface area contributed by atoms with Crippen LogP contribution in [0.2, 0.25) is 10.0 Å². The number of aryl methyl sites for hydroxylation is 1. The van der Waals surface area contributed by atoms with Gasteiger partial charge in [-0.05, 0) is 61.8 Å². The molecule has 0 unspecified atom stereocenters. The fourth-order valence-electron chi connectivity index (χ4n) is 2.41. The predicted molar refractivity (Wildman–Crippen MR) is 105 cm³/mol. The van der Waals surface area contributed by atoms with E-state index in [0.29, 0.717) is 10.0 Å². The van der Waals surface area contributed by atoms with Crippen molar-refractivity contribution >= 4 is 46.1 Å². The molecule has 0 radical (unpaired) electrons. The normalized spacial score (nSPS) is 12.8. The van der Waals surface area contributed by atoms with Crippen molar-refractivity contribution in [2.75, 3.05) is 0 Å². The molecule has 0 amide bonds. The molecule has 0 spiro atoms. The third-order valence-electron chi connectivity index (χ3n) is 3.56. The van der Waals surface area contributed by atoms with Crippen molar-refractivity contribution in [2.24, 2.45) is 9.98 Å². The van der Waals surface area contributed by atoms with Gasteiger partial charge < -0.3 is 0 Å². The summed E-state index contributed by atoms with van der Waals surface area (Å²) in [6.45, 7) is 5.76. The third-order valence-corrected chi connectivity index (χ3v) is 5.15. The Bertz CT molecular complexity index is 1010. The van der Waals surface area contributed by atoms with Crippen molar-refractivity contribution in [3.63, 3.8) is 0 Å². The lowest BCUT2D eigenvalue weighted by molar-refractivity contribution is 0.632. The van der Waals surface area contributed by atoms with Gasteiger partial charge in [0.25, 0.3) is 0 Å². The molecule has 2 aromatic carbocycles. The van der Waals surface area contributed by atoms with E-state index < -0.39 is 0 Å². The van der Waals surface area contributed by atoms with E-state index in [9.17, 15) is 0 Å². The van der Waals surface area contributed by atoms with Gasteiger partial charge in [0.1, 0.15) is 0 Å². The standard InChI is InChI=1S/C18H18Cl2N4S/c1-3-23-17(21-15-9-5-7-13(19)11-15)24(4-2)25-18(23)22-16-10-6-8-14(20)12-16/h5-12H,3-4H2,1-2H3. The Kier molecular flexibility index (Phi) is 5.78. The van der Waals surface area contributed by atoms with E-state index in [2.05, 4.69) is 22.4 Å². The maximum absolute atomic E-state index is 6.08. The summed E-state index contributed by atoms with van der Waals surface area (Å²) in [4.78, 5) is 10.4. The highest BCUT2D eigenvalue weighted by molar-refractivity contribution is 7.03. The number of nitrogens with zero attached hydrogens (tertiary/aromatic N) is 4. The number of rotatable bonds is 4. The molecule has 0 saturated heterocycles. The SMILES string of the molecule is CCn1sc(=Nc2cccc(Cl)c2)n(CC)c1=Nc1cccc(Cl)c1. The molecule has 0 atom stereocenters. The highest BCUT2D eigenvalue weighted by Crippen LogP contribution is 2.18. The quantitative estimate of drug-likeness (QED) is 0.587. The van der Waals surface area contributed by atoms with E-state index in [-0.39, 0.29) is 0 Å². The minimum Gasteiger partial charge on any atom is -0.286 e. The summed E-state index contributed by atoms with van der Waals surface area (Å²) in [5, 5.41) is 1.35. The average molecular weight is 393 g/mol. The van der Waals surface area contributed by atoms with Gasteiger partial charge in [0.2, 0.25) is 10.4 Å². The second-order valence-corrected chi connectivity index (χ2v) is 7.16. The van der Waals surface area contributed by atoms with Crippen molar-refractivity contribution in [1.29, 1.82) is 0 Å². The first kappa shape index (κ1) is 18.0. The topological polar surface area (TPSA) is 34.6 Å². The van der Waals surface area contributed by atoms with Crippen molar-refractivity contribution < 1.29 is 0 Å². The highest BCUT2D eigenvalue weighted by atomic mass is 35.5. The summed E-state index contributed by atoms with van der Waals surface area (Å²) in [6.07, 6.45) is 0. The van der Waals surface area contributed by atoms with Gasteiger partial charge in [-0.1, -0.05) is 35.3 Å². The van der Waals surface area contributed by atoms with Crippen LogP contribution >= 0.6 is 34.7 Å². The van der Waals surface area contributed by atoms with Gasteiger partial charge in [-0.15, -0.1) is 0 Å². The van der Waals surface area contributed by atoms with E-state index in [1.165, 1.54) is 0 Å². The zero-order valence-electron chi connectivity index (χ0n) is 14.0.